The number of carbonyl (C=O) groups excluding carboxylic acids is 1. The van der Waals surface area contributed by atoms with Crippen molar-refractivity contribution in [2.24, 2.45) is 0 Å². The number of carbonyl (C=O) groups is 1. The molecular weight excluding hydrogens is 357 g/mol. The summed E-state index contributed by atoms with van der Waals surface area (Å²) in [5.41, 5.74) is 1.50. The van der Waals surface area contributed by atoms with E-state index in [0.29, 0.717) is 40.9 Å². The third-order valence-electron chi connectivity index (χ3n) is 5.15. The van der Waals surface area contributed by atoms with Gasteiger partial charge in [0.2, 0.25) is 5.89 Å². The summed E-state index contributed by atoms with van der Waals surface area (Å²) >= 11 is 0. The van der Waals surface area contributed by atoms with Gasteiger partial charge in [0.1, 0.15) is 5.82 Å². The zero-order chi connectivity index (χ0) is 19.5. The number of nitrogens with one attached hydrogen (secondary N) is 1. The molecule has 3 aromatic rings. The summed E-state index contributed by atoms with van der Waals surface area (Å²) in [6, 6.07) is 14.0. The molecule has 0 saturated carbocycles. The highest BCUT2D eigenvalue weighted by Gasteiger charge is 2.26. The minimum absolute atomic E-state index is 0.0406. The van der Waals surface area contributed by atoms with Crippen LogP contribution in [0, 0.1) is 5.82 Å². The maximum absolute atomic E-state index is 14.1. The lowest BCUT2D eigenvalue weighted by molar-refractivity contribution is 0.0698. The molecule has 144 valence electrons. The van der Waals surface area contributed by atoms with Crippen molar-refractivity contribution >= 4 is 5.91 Å². The summed E-state index contributed by atoms with van der Waals surface area (Å²) in [6.07, 6.45) is 3.52. The predicted octanol–water partition coefficient (Wildman–Crippen LogP) is 3.97. The molecule has 5 nitrogen and oxygen atoms in total. The van der Waals surface area contributed by atoms with Gasteiger partial charge in [-0.25, -0.2) is 9.37 Å². The lowest BCUT2D eigenvalue weighted by atomic mass is 10.0. The van der Waals surface area contributed by atoms with E-state index in [-0.39, 0.29) is 11.7 Å². The van der Waals surface area contributed by atoms with Crippen LogP contribution in [0.15, 0.2) is 59.1 Å². The van der Waals surface area contributed by atoms with Crippen LogP contribution in [0.3, 0.4) is 0 Å². The first-order chi connectivity index (χ1) is 13.7. The van der Waals surface area contributed by atoms with Crippen molar-refractivity contribution in [1.29, 1.82) is 0 Å². The molecule has 28 heavy (non-hydrogen) atoms. The number of amides is 1. The smallest absolute Gasteiger partial charge is 0.254 e. The molecule has 0 aliphatic carbocycles. The normalized spacial score (nSPS) is 16.9. The maximum Gasteiger partial charge on any atom is 0.254 e. The predicted molar refractivity (Wildman–Crippen MR) is 105 cm³/mol. The van der Waals surface area contributed by atoms with Crippen molar-refractivity contribution in [3.63, 3.8) is 0 Å². The number of likely N-dealkylation sites (N-methyl/N-ethyl adjacent to an activating group) is 1. The van der Waals surface area contributed by atoms with Gasteiger partial charge in [0.15, 0.2) is 5.76 Å². The molecule has 4 rings (SSSR count). The van der Waals surface area contributed by atoms with Crippen LogP contribution in [0.2, 0.25) is 0 Å². The quantitative estimate of drug-likeness (QED) is 0.745. The maximum atomic E-state index is 14.1. The minimum Gasteiger partial charge on any atom is -0.436 e. The van der Waals surface area contributed by atoms with Gasteiger partial charge in [0.05, 0.1) is 17.3 Å². The van der Waals surface area contributed by atoms with Gasteiger partial charge in [0, 0.05) is 24.7 Å². The van der Waals surface area contributed by atoms with Gasteiger partial charge >= 0.3 is 0 Å². The molecule has 1 N–H and O–H groups in total. The molecule has 1 atom stereocenters. The van der Waals surface area contributed by atoms with Crippen LogP contribution in [-0.2, 0) is 0 Å². The number of hydrogen-bond donors (Lipinski definition) is 1. The second-order valence-electron chi connectivity index (χ2n) is 6.93. The van der Waals surface area contributed by atoms with Gasteiger partial charge in [-0.2, -0.15) is 0 Å². The zero-order valence-electron chi connectivity index (χ0n) is 15.7. The minimum atomic E-state index is -0.374. The molecule has 0 bridgehead atoms. The van der Waals surface area contributed by atoms with Crippen molar-refractivity contribution in [3.05, 3.63) is 66.1 Å². The number of benzene rings is 2. The van der Waals surface area contributed by atoms with Crippen LogP contribution in [-0.4, -0.2) is 42.0 Å². The number of likely N-dealkylation sites (tertiary alicyclic amines) is 1. The molecule has 1 saturated heterocycles. The highest BCUT2D eigenvalue weighted by molar-refractivity contribution is 6.00. The fourth-order valence-electron chi connectivity index (χ4n) is 3.61. The Kier molecular flexibility index (Phi) is 5.21. The van der Waals surface area contributed by atoms with Crippen molar-refractivity contribution in [3.8, 4) is 22.8 Å². The van der Waals surface area contributed by atoms with Crippen molar-refractivity contribution in [2.45, 2.75) is 18.9 Å². The first-order valence-electron chi connectivity index (χ1n) is 9.44. The fourth-order valence-corrected chi connectivity index (χ4v) is 3.61. The lowest BCUT2D eigenvalue weighted by Gasteiger charge is -2.32. The van der Waals surface area contributed by atoms with E-state index in [2.05, 4.69) is 10.3 Å². The lowest BCUT2D eigenvalue weighted by Crippen LogP contribution is -2.47. The van der Waals surface area contributed by atoms with E-state index in [1.54, 1.807) is 24.3 Å². The Bertz CT molecular complexity index is 985. The summed E-state index contributed by atoms with van der Waals surface area (Å²) in [4.78, 5) is 19.3. The monoisotopic (exact) mass is 379 g/mol. The molecule has 1 aliphatic heterocycles. The average Bonchev–Trinajstić information content (AvgIpc) is 3.23. The Morgan fingerprint density at radius 2 is 1.93 bits per heavy atom. The van der Waals surface area contributed by atoms with E-state index in [1.165, 1.54) is 12.3 Å². The number of nitrogens with zero attached hydrogens (tertiary/aromatic N) is 2. The summed E-state index contributed by atoms with van der Waals surface area (Å²) in [7, 11) is 1.92. The van der Waals surface area contributed by atoms with Crippen molar-refractivity contribution in [2.75, 3.05) is 20.1 Å². The van der Waals surface area contributed by atoms with Gasteiger partial charge < -0.3 is 14.6 Å². The topological polar surface area (TPSA) is 58.4 Å². The standard InChI is InChI=1S/C22H22FN3O2/c1-24-15-7-6-12-26(14-15)22(27)17-9-3-2-8-16(17)21-25-13-20(28-21)18-10-4-5-11-19(18)23/h2-5,8-11,13,15,24H,6-7,12,14H2,1H3. The van der Waals surface area contributed by atoms with Gasteiger partial charge in [-0.3, -0.25) is 4.79 Å². The molecular formula is C22H22FN3O2. The van der Waals surface area contributed by atoms with E-state index in [1.807, 2.05) is 30.1 Å². The largest absolute Gasteiger partial charge is 0.436 e. The van der Waals surface area contributed by atoms with Crippen LogP contribution in [0.5, 0.6) is 0 Å². The highest BCUT2D eigenvalue weighted by atomic mass is 19.1. The molecule has 1 unspecified atom stereocenters. The summed E-state index contributed by atoms with van der Waals surface area (Å²) in [6.45, 7) is 1.41. The second kappa shape index (κ2) is 7.94. The molecule has 1 amide bonds. The Morgan fingerprint density at radius 1 is 1.18 bits per heavy atom. The number of rotatable bonds is 4. The Balaban J connectivity index is 1.65. The van der Waals surface area contributed by atoms with E-state index >= 15 is 0 Å². The van der Waals surface area contributed by atoms with E-state index in [9.17, 15) is 9.18 Å². The van der Waals surface area contributed by atoms with Crippen molar-refractivity contribution in [1.82, 2.24) is 15.2 Å². The van der Waals surface area contributed by atoms with E-state index in [4.69, 9.17) is 4.42 Å². The van der Waals surface area contributed by atoms with Crippen LogP contribution in [0.25, 0.3) is 22.8 Å². The van der Waals surface area contributed by atoms with E-state index < -0.39 is 0 Å². The Morgan fingerprint density at radius 3 is 2.71 bits per heavy atom. The summed E-state index contributed by atoms with van der Waals surface area (Å²) < 4.78 is 19.9. The first kappa shape index (κ1) is 18.4. The molecule has 6 heteroatoms. The molecule has 0 spiro atoms. The fraction of sp³-hybridized carbons (Fsp3) is 0.273. The summed E-state index contributed by atoms with van der Waals surface area (Å²) in [5.74, 6) is 0.232. The second-order valence-corrected chi connectivity index (χ2v) is 6.93. The number of hydrogen-bond acceptors (Lipinski definition) is 4. The first-order valence-corrected chi connectivity index (χ1v) is 9.44. The third-order valence-corrected chi connectivity index (χ3v) is 5.15. The van der Waals surface area contributed by atoms with Gasteiger partial charge in [-0.1, -0.05) is 24.3 Å². The van der Waals surface area contributed by atoms with Crippen LogP contribution >= 0.6 is 0 Å². The highest BCUT2D eigenvalue weighted by Crippen LogP contribution is 2.30. The summed E-state index contributed by atoms with van der Waals surface area (Å²) in [5, 5.41) is 3.25. The number of piperidine rings is 1. The Labute approximate surface area is 163 Å². The van der Waals surface area contributed by atoms with Gasteiger partial charge in [-0.15, -0.1) is 0 Å². The van der Waals surface area contributed by atoms with E-state index in [0.717, 1.165) is 19.4 Å². The van der Waals surface area contributed by atoms with Crippen LogP contribution < -0.4 is 5.32 Å². The zero-order valence-corrected chi connectivity index (χ0v) is 15.7. The third kappa shape index (κ3) is 3.55. The molecule has 2 heterocycles. The molecule has 1 aliphatic rings. The van der Waals surface area contributed by atoms with Crippen molar-refractivity contribution < 1.29 is 13.6 Å². The number of halogens is 1. The number of aromatic nitrogens is 1. The SMILES string of the molecule is CNC1CCCN(C(=O)c2ccccc2-c2ncc(-c3ccccc3F)o2)C1. The molecule has 1 aromatic heterocycles. The molecule has 2 aromatic carbocycles. The van der Waals surface area contributed by atoms with Crippen LogP contribution in [0.1, 0.15) is 23.2 Å². The van der Waals surface area contributed by atoms with Crippen LogP contribution in [0.4, 0.5) is 4.39 Å². The Hall–Kier alpha value is -2.99. The van der Waals surface area contributed by atoms with Gasteiger partial charge in [-0.05, 0) is 44.2 Å². The molecule has 0 radical (unpaired) electrons. The number of oxazole rings is 1. The molecule has 1 fully saturated rings. The average molecular weight is 379 g/mol. The van der Waals surface area contributed by atoms with Gasteiger partial charge in [0.25, 0.3) is 5.91 Å².